The monoisotopic (exact) mass is 953 g/mol. The molecular weight excluding hydrogens is 837 g/mol. The molecule has 1 aliphatic heterocycles. The minimum atomic E-state index is -0.749. The van der Waals surface area contributed by atoms with Crippen molar-refractivity contribution in [2.75, 3.05) is 6.61 Å². The Bertz CT molecular complexity index is 1140. The van der Waals surface area contributed by atoms with E-state index in [0.29, 0.717) is 19.4 Å². The van der Waals surface area contributed by atoms with E-state index in [4.69, 9.17) is 9.47 Å². The van der Waals surface area contributed by atoms with E-state index in [9.17, 15) is 14.7 Å². The van der Waals surface area contributed by atoms with Crippen molar-refractivity contribution in [3.8, 4) is 0 Å². The van der Waals surface area contributed by atoms with Crippen LogP contribution in [0.25, 0.3) is 0 Å². The Hall–Kier alpha value is -2.30. The molecule has 1 rings (SSSR count). The van der Waals surface area contributed by atoms with Crippen LogP contribution in [-0.2, 0) is 19.1 Å². The first kappa shape index (κ1) is 65.7. The lowest BCUT2D eigenvalue weighted by atomic mass is 9.94. The van der Waals surface area contributed by atoms with Crippen molar-refractivity contribution in [1.29, 1.82) is 0 Å². The molecule has 68 heavy (non-hydrogen) atoms. The molecule has 5 nitrogen and oxygen atoms in total. The lowest BCUT2D eigenvalue weighted by Gasteiger charge is -2.22. The summed E-state index contributed by atoms with van der Waals surface area (Å²) in [6.07, 6.45) is 77.0. The molecule has 2 atom stereocenters. The van der Waals surface area contributed by atoms with Crippen LogP contribution in [0.2, 0.25) is 0 Å². The van der Waals surface area contributed by atoms with Crippen LogP contribution in [0.15, 0.2) is 48.8 Å². The molecule has 0 aromatic heterocycles. The molecule has 0 bridgehead atoms. The van der Waals surface area contributed by atoms with Gasteiger partial charge in [-0.3, -0.25) is 9.59 Å². The van der Waals surface area contributed by atoms with Crippen molar-refractivity contribution in [2.24, 2.45) is 5.92 Å². The SMILES string of the molecule is CCCCCCCC/C=C\CCCCCCCCCCC(C(=O)O)C1C=CC=CO1.CCCCCCCC/C=C\CCCCCCCCCCCC(=O)OCCCCCCCCCCCCCC. The second-order valence-corrected chi connectivity index (χ2v) is 20.6. The molecule has 0 saturated carbocycles. The highest BCUT2D eigenvalue weighted by Gasteiger charge is 2.27. The summed E-state index contributed by atoms with van der Waals surface area (Å²) in [7, 11) is 0. The van der Waals surface area contributed by atoms with Crippen molar-refractivity contribution in [3.63, 3.8) is 0 Å². The average molecular weight is 954 g/mol. The van der Waals surface area contributed by atoms with E-state index in [-0.39, 0.29) is 12.1 Å². The van der Waals surface area contributed by atoms with Gasteiger partial charge in [0, 0.05) is 6.42 Å². The highest BCUT2D eigenvalue weighted by molar-refractivity contribution is 5.71. The van der Waals surface area contributed by atoms with Crippen LogP contribution in [0.5, 0.6) is 0 Å². The van der Waals surface area contributed by atoms with Gasteiger partial charge in [-0.2, -0.15) is 0 Å². The summed E-state index contributed by atoms with van der Waals surface area (Å²) in [5.74, 6) is -1.16. The fourth-order valence-electron chi connectivity index (χ4n) is 9.27. The second-order valence-electron chi connectivity index (χ2n) is 20.6. The molecule has 398 valence electrons. The molecule has 0 spiro atoms. The largest absolute Gasteiger partial charge is 0.493 e. The summed E-state index contributed by atoms with van der Waals surface area (Å²) in [4.78, 5) is 23.4. The number of carbonyl (C=O) groups excluding carboxylic acids is 1. The number of esters is 1. The fraction of sp³-hybridized carbons (Fsp3) is 0.841. The van der Waals surface area contributed by atoms with Gasteiger partial charge in [0.2, 0.25) is 0 Å². The van der Waals surface area contributed by atoms with Crippen LogP contribution in [0.3, 0.4) is 0 Å². The topological polar surface area (TPSA) is 72.8 Å². The third kappa shape index (κ3) is 51.5. The van der Waals surface area contributed by atoms with E-state index in [1.54, 1.807) is 12.3 Å². The Kier molecular flexibility index (Phi) is 55.3. The van der Waals surface area contributed by atoms with Crippen molar-refractivity contribution < 1.29 is 24.2 Å². The Balaban J connectivity index is 0.00000136. The molecule has 0 radical (unpaired) electrons. The first-order valence-corrected chi connectivity index (χ1v) is 30.2. The maximum absolute atomic E-state index is 11.9. The van der Waals surface area contributed by atoms with Gasteiger partial charge in [-0.15, -0.1) is 0 Å². The van der Waals surface area contributed by atoms with Gasteiger partial charge in [-0.05, 0) is 82.8 Å². The number of aliphatic carboxylic acids is 1. The Labute approximate surface area is 424 Å². The lowest BCUT2D eigenvalue weighted by Crippen LogP contribution is -2.28. The molecule has 0 aromatic carbocycles. The maximum Gasteiger partial charge on any atom is 0.310 e. The van der Waals surface area contributed by atoms with E-state index in [1.165, 1.54) is 263 Å². The minimum Gasteiger partial charge on any atom is -0.493 e. The molecular formula is C63H116O5. The van der Waals surface area contributed by atoms with Crippen molar-refractivity contribution in [2.45, 2.75) is 329 Å². The van der Waals surface area contributed by atoms with Crippen LogP contribution < -0.4 is 0 Å². The fourth-order valence-corrected chi connectivity index (χ4v) is 9.27. The first-order valence-electron chi connectivity index (χ1n) is 30.2. The van der Waals surface area contributed by atoms with E-state index in [2.05, 4.69) is 45.1 Å². The zero-order valence-corrected chi connectivity index (χ0v) is 45.8. The quantitative estimate of drug-likeness (QED) is 0.0374. The van der Waals surface area contributed by atoms with Gasteiger partial charge < -0.3 is 14.6 Å². The number of carbonyl (C=O) groups is 2. The predicted molar refractivity (Wildman–Crippen MR) is 298 cm³/mol. The van der Waals surface area contributed by atoms with E-state index < -0.39 is 11.9 Å². The van der Waals surface area contributed by atoms with Crippen LogP contribution in [-0.4, -0.2) is 29.8 Å². The molecule has 0 fully saturated rings. The van der Waals surface area contributed by atoms with Crippen LogP contribution in [0.4, 0.5) is 0 Å². The van der Waals surface area contributed by atoms with Crippen molar-refractivity contribution in [3.05, 3.63) is 48.8 Å². The van der Waals surface area contributed by atoms with E-state index >= 15 is 0 Å². The number of ether oxygens (including phenoxy) is 2. The minimum absolute atomic E-state index is 0.0223. The smallest absolute Gasteiger partial charge is 0.310 e. The van der Waals surface area contributed by atoms with E-state index in [0.717, 1.165) is 25.7 Å². The summed E-state index contributed by atoms with van der Waals surface area (Å²) < 4.78 is 10.9. The molecule has 1 heterocycles. The van der Waals surface area contributed by atoms with Crippen molar-refractivity contribution >= 4 is 11.9 Å². The number of carboxylic acid groups (broad SMARTS) is 1. The second kappa shape index (κ2) is 57.3. The lowest BCUT2D eigenvalue weighted by molar-refractivity contribution is -0.145. The van der Waals surface area contributed by atoms with Gasteiger partial charge in [-0.1, -0.05) is 276 Å². The molecule has 5 heteroatoms. The third-order valence-corrected chi connectivity index (χ3v) is 13.9. The maximum atomic E-state index is 11.9. The standard InChI is InChI=1S/C36H70O2.C27H46O3/c1-3-5-7-9-11-13-15-17-18-19-20-21-22-23-24-26-28-30-32-34-36(37)38-35-33-31-29-27-25-16-14-12-10-8-6-4-2;1-2-3-4-5-6-7-8-9-10-11-12-13-14-15-16-17-18-19-22-25(27(28)29)26-23-20-21-24-30-26/h17-18H,3-16,19-35H2,1-2H3;9-10,20-21,23-26H,2-8,11-19,22H2,1H3,(H,28,29)/b18-17-;10-9-. The highest BCUT2D eigenvalue weighted by Crippen LogP contribution is 2.22. The van der Waals surface area contributed by atoms with Crippen molar-refractivity contribution in [1.82, 2.24) is 0 Å². The Morgan fingerprint density at radius 2 is 0.765 bits per heavy atom. The normalized spacial score (nSPS) is 13.8. The third-order valence-electron chi connectivity index (χ3n) is 13.9. The molecule has 0 aliphatic carbocycles. The molecule has 1 aliphatic rings. The van der Waals surface area contributed by atoms with Gasteiger partial charge in [0.05, 0.1) is 18.8 Å². The summed E-state index contributed by atoms with van der Waals surface area (Å²) in [5.41, 5.74) is 0. The van der Waals surface area contributed by atoms with Crippen LogP contribution in [0.1, 0.15) is 323 Å². The Morgan fingerprint density at radius 3 is 1.10 bits per heavy atom. The van der Waals surface area contributed by atoms with Gasteiger partial charge in [0.15, 0.2) is 0 Å². The number of rotatable bonds is 52. The zero-order valence-electron chi connectivity index (χ0n) is 45.8. The molecule has 2 unspecified atom stereocenters. The highest BCUT2D eigenvalue weighted by atomic mass is 16.5. The molecule has 0 saturated heterocycles. The molecule has 1 N–H and O–H groups in total. The summed E-state index contributed by atoms with van der Waals surface area (Å²) in [6.45, 7) is 7.47. The van der Waals surface area contributed by atoms with Gasteiger partial charge in [0.25, 0.3) is 0 Å². The number of allylic oxidation sites excluding steroid dienone is 6. The summed E-state index contributed by atoms with van der Waals surface area (Å²) in [5, 5.41) is 9.43. The Morgan fingerprint density at radius 1 is 0.441 bits per heavy atom. The van der Waals surface area contributed by atoms with Gasteiger partial charge >= 0.3 is 11.9 Å². The summed E-state index contributed by atoms with van der Waals surface area (Å²) in [6, 6.07) is 0. The van der Waals surface area contributed by atoms with Gasteiger partial charge in [0.1, 0.15) is 6.10 Å². The first-order chi connectivity index (χ1) is 33.6. The van der Waals surface area contributed by atoms with Crippen LogP contribution >= 0.6 is 0 Å². The molecule has 0 amide bonds. The zero-order chi connectivity index (χ0) is 49.3. The number of hydrogen-bond acceptors (Lipinski definition) is 4. The number of hydrogen-bond donors (Lipinski definition) is 1. The average Bonchev–Trinajstić information content (AvgIpc) is 3.34. The number of carboxylic acids is 1. The van der Waals surface area contributed by atoms with Gasteiger partial charge in [-0.25, -0.2) is 0 Å². The summed E-state index contributed by atoms with van der Waals surface area (Å²) >= 11 is 0. The van der Waals surface area contributed by atoms with Crippen LogP contribution in [0, 0.1) is 5.92 Å². The molecule has 0 aromatic rings. The number of unbranched alkanes of at least 4 members (excludes halogenated alkanes) is 40. The predicted octanol–water partition coefficient (Wildman–Crippen LogP) is 21.2. The van der Waals surface area contributed by atoms with E-state index in [1.807, 2.05) is 12.2 Å².